The Hall–Kier alpha value is -1.63. The first-order valence-electron chi connectivity index (χ1n) is 6.30. The van der Waals surface area contributed by atoms with Gasteiger partial charge in [-0.1, -0.05) is 20.3 Å². The van der Waals surface area contributed by atoms with Gasteiger partial charge < -0.3 is 21.3 Å². The van der Waals surface area contributed by atoms with Gasteiger partial charge in [0.2, 0.25) is 5.91 Å². The first-order valence-corrected chi connectivity index (χ1v) is 6.30. The van der Waals surface area contributed by atoms with E-state index in [-0.39, 0.29) is 25.2 Å². The molecule has 19 heavy (non-hydrogen) atoms. The number of carbonyl (C=O) groups is 3. The van der Waals surface area contributed by atoms with E-state index >= 15 is 0 Å². The van der Waals surface area contributed by atoms with Gasteiger partial charge in [0.15, 0.2) is 0 Å². The third kappa shape index (κ3) is 6.76. The van der Waals surface area contributed by atoms with Crippen LogP contribution in [-0.2, 0) is 14.4 Å². The molecule has 7 nitrogen and oxygen atoms in total. The average Bonchev–Trinajstić information content (AvgIpc) is 2.34. The molecule has 0 aliphatic rings. The summed E-state index contributed by atoms with van der Waals surface area (Å²) in [6.07, 6.45) is 0.841. The summed E-state index contributed by atoms with van der Waals surface area (Å²) in [6.45, 7) is 3.70. The first-order chi connectivity index (χ1) is 8.79. The molecule has 2 unspecified atom stereocenters. The van der Waals surface area contributed by atoms with E-state index in [1.807, 2.05) is 13.8 Å². The molecule has 0 heterocycles. The molecule has 1 amide bonds. The highest BCUT2D eigenvalue weighted by molar-refractivity contribution is 5.86. The molecule has 7 heteroatoms. The van der Waals surface area contributed by atoms with Gasteiger partial charge in [-0.3, -0.25) is 9.59 Å². The zero-order chi connectivity index (χ0) is 15.0. The number of aliphatic carboxylic acids is 2. The van der Waals surface area contributed by atoms with Gasteiger partial charge in [-0.15, -0.1) is 0 Å². The van der Waals surface area contributed by atoms with Crippen molar-refractivity contribution in [2.45, 2.75) is 51.6 Å². The maximum Gasteiger partial charge on any atom is 0.326 e. The summed E-state index contributed by atoms with van der Waals surface area (Å²) in [4.78, 5) is 33.1. The highest BCUT2D eigenvalue weighted by Gasteiger charge is 2.25. The minimum Gasteiger partial charge on any atom is -0.481 e. The van der Waals surface area contributed by atoms with Gasteiger partial charge in [-0.25, -0.2) is 4.79 Å². The predicted octanol–water partition coefficient (Wildman–Crippen LogP) is 0.184. The van der Waals surface area contributed by atoms with E-state index in [0.717, 1.165) is 0 Å². The number of hydrogen-bond donors (Lipinski definition) is 4. The predicted molar refractivity (Wildman–Crippen MR) is 68.5 cm³/mol. The van der Waals surface area contributed by atoms with E-state index in [2.05, 4.69) is 5.32 Å². The lowest BCUT2D eigenvalue weighted by atomic mass is 9.99. The SMILES string of the molecule is CCC(C)C(N)C(=O)N[C@H](CCCC(=O)O)C(=O)O. The molecule has 5 N–H and O–H groups in total. The van der Waals surface area contributed by atoms with Crippen molar-refractivity contribution in [1.82, 2.24) is 5.32 Å². The summed E-state index contributed by atoms with van der Waals surface area (Å²) >= 11 is 0. The molecule has 0 saturated carbocycles. The highest BCUT2D eigenvalue weighted by Crippen LogP contribution is 2.07. The van der Waals surface area contributed by atoms with Crippen LogP contribution in [0.4, 0.5) is 0 Å². The van der Waals surface area contributed by atoms with Crippen molar-refractivity contribution in [2.24, 2.45) is 11.7 Å². The fourth-order valence-corrected chi connectivity index (χ4v) is 1.50. The quantitative estimate of drug-likeness (QED) is 0.474. The molecule has 0 bridgehead atoms. The van der Waals surface area contributed by atoms with Gasteiger partial charge in [0.1, 0.15) is 6.04 Å². The van der Waals surface area contributed by atoms with Gasteiger partial charge in [0, 0.05) is 6.42 Å². The van der Waals surface area contributed by atoms with Gasteiger partial charge >= 0.3 is 11.9 Å². The number of hydrogen-bond acceptors (Lipinski definition) is 4. The number of nitrogens with one attached hydrogen (secondary N) is 1. The maximum absolute atomic E-state index is 11.7. The Kier molecular flexibility index (Phi) is 7.74. The van der Waals surface area contributed by atoms with E-state index in [4.69, 9.17) is 15.9 Å². The fourth-order valence-electron chi connectivity index (χ4n) is 1.50. The number of rotatable bonds is 9. The molecule has 0 spiro atoms. The third-order valence-electron chi connectivity index (χ3n) is 3.06. The molecule has 0 saturated heterocycles. The monoisotopic (exact) mass is 274 g/mol. The van der Waals surface area contributed by atoms with Crippen LogP contribution in [0.15, 0.2) is 0 Å². The second kappa shape index (κ2) is 8.47. The van der Waals surface area contributed by atoms with Gasteiger partial charge in [-0.2, -0.15) is 0 Å². The van der Waals surface area contributed by atoms with Gasteiger partial charge in [0.05, 0.1) is 6.04 Å². The number of carbonyl (C=O) groups excluding carboxylic acids is 1. The number of amides is 1. The Morgan fingerprint density at radius 3 is 2.26 bits per heavy atom. The molecule has 0 aromatic heterocycles. The fraction of sp³-hybridized carbons (Fsp3) is 0.750. The Morgan fingerprint density at radius 1 is 1.26 bits per heavy atom. The standard InChI is InChI=1S/C12H22N2O5/c1-3-7(2)10(13)11(17)14-8(12(18)19)5-4-6-9(15)16/h7-8,10H,3-6,13H2,1-2H3,(H,14,17)(H,15,16)(H,18,19)/t7?,8-,10?/m1/s1. The minimum absolute atomic E-state index is 0.0477. The summed E-state index contributed by atoms with van der Waals surface area (Å²) in [5.41, 5.74) is 5.70. The van der Waals surface area contributed by atoms with E-state index in [0.29, 0.717) is 6.42 Å². The number of nitrogens with two attached hydrogens (primary N) is 1. The van der Waals surface area contributed by atoms with Crippen LogP contribution in [-0.4, -0.2) is 40.1 Å². The topological polar surface area (TPSA) is 130 Å². The molecular formula is C12H22N2O5. The lowest BCUT2D eigenvalue weighted by Gasteiger charge is -2.21. The summed E-state index contributed by atoms with van der Waals surface area (Å²) in [5, 5.41) is 19.8. The summed E-state index contributed by atoms with van der Waals surface area (Å²) in [5.74, 6) is -2.74. The van der Waals surface area contributed by atoms with E-state index in [1.54, 1.807) is 0 Å². The number of carboxylic acids is 2. The van der Waals surface area contributed by atoms with Crippen molar-refractivity contribution < 1.29 is 24.6 Å². The van der Waals surface area contributed by atoms with E-state index < -0.39 is 29.9 Å². The van der Waals surface area contributed by atoms with Crippen LogP contribution < -0.4 is 11.1 Å². The molecule has 110 valence electrons. The van der Waals surface area contributed by atoms with Crippen LogP contribution >= 0.6 is 0 Å². The Labute approximate surface area is 112 Å². The lowest BCUT2D eigenvalue weighted by Crippen LogP contribution is -2.50. The van der Waals surface area contributed by atoms with E-state index in [9.17, 15) is 14.4 Å². The zero-order valence-electron chi connectivity index (χ0n) is 11.3. The van der Waals surface area contributed by atoms with Crippen molar-refractivity contribution in [3.63, 3.8) is 0 Å². The molecule has 0 aromatic carbocycles. The van der Waals surface area contributed by atoms with Crippen molar-refractivity contribution >= 4 is 17.8 Å². The normalized spacial score (nSPS) is 15.3. The molecule has 0 fully saturated rings. The van der Waals surface area contributed by atoms with Crippen LogP contribution in [0.2, 0.25) is 0 Å². The summed E-state index contributed by atoms with van der Waals surface area (Å²) in [7, 11) is 0. The zero-order valence-corrected chi connectivity index (χ0v) is 11.3. The number of carboxylic acid groups (broad SMARTS) is 2. The molecule has 0 aliphatic carbocycles. The van der Waals surface area contributed by atoms with Crippen LogP contribution in [0.25, 0.3) is 0 Å². The Bertz CT molecular complexity index is 332. The smallest absolute Gasteiger partial charge is 0.326 e. The molecule has 0 rings (SSSR count). The first kappa shape index (κ1) is 17.4. The molecule has 0 aromatic rings. The van der Waals surface area contributed by atoms with Crippen LogP contribution in [0.5, 0.6) is 0 Å². The largest absolute Gasteiger partial charge is 0.481 e. The van der Waals surface area contributed by atoms with Gasteiger partial charge in [0.25, 0.3) is 0 Å². The van der Waals surface area contributed by atoms with E-state index in [1.165, 1.54) is 0 Å². The molecule has 0 aliphatic heterocycles. The molecule has 3 atom stereocenters. The Morgan fingerprint density at radius 2 is 1.84 bits per heavy atom. The Balaban J connectivity index is 4.37. The van der Waals surface area contributed by atoms with Gasteiger partial charge in [-0.05, 0) is 18.8 Å². The van der Waals surface area contributed by atoms with Crippen molar-refractivity contribution in [2.75, 3.05) is 0 Å². The second-order valence-corrected chi connectivity index (χ2v) is 4.60. The van der Waals surface area contributed by atoms with Crippen molar-refractivity contribution in [3.05, 3.63) is 0 Å². The summed E-state index contributed by atoms with van der Waals surface area (Å²) < 4.78 is 0. The van der Waals surface area contributed by atoms with Crippen LogP contribution in [0.3, 0.4) is 0 Å². The molecular weight excluding hydrogens is 252 g/mol. The van der Waals surface area contributed by atoms with Crippen LogP contribution in [0, 0.1) is 5.92 Å². The highest BCUT2D eigenvalue weighted by atomic mass is 16.4. The lowest BCUT2D eigenvalue weighted by molar-refractivity contribution is -0.143. The summed E-state index contributed by atoms with van der Waals surface area (Å²) in [6, 6.07) is -1.85. The van der Waals surface area contributed by atoms with Crippen LogP contribution in [0.1, 0.15) is 39.5 Å². The maximum atomic E-state index is 11.7. The second-order valence-electron chi connectivity index (χ2n) is 4.60. The van der Waals surface area contributed by atoms with Crippen molar-refractivity contribution in [3.8, 4) is 0 Å². The van der Waals surface area contributed by atoms with Crippen molar-refractivity contribution in [1.29, 1.82) is 0 Å². The minimum atomic E-state index is -1.19. The molecule has 0 radical (unpaired) electrons. The average molecular weight is 274 g/mol. The third-order valence-corrected chi connectivity index (χ3v) is 3.06.